The lowest BCUT2D eigenvalue weighted by Crippen LogP contribution is -2.07. The van der Waals surface area contributed by atoms with Crippen LogP contribution in [0.5, 0.6) is 0 Å². The molecule has 1 heterocycles. The van der Waals surface area contributed by atoms with Crippen LogP contribution in [0, 0.1) is 5.92 Å². The van der Waals surface area contributed by atoms with E-state index in [0.29, 0.717) is 0 Å². The SMILES string of the molecule is CC[C@H](C)C(=O)c1cccs1. The molecular weight excluding hydrogens is 156 g/mol. The topological polar surface area (TPSA) is 17.1 Å². The average Bonchev–Trinajstić information content (AvgIpc) is 2.53. The highest BCUT2D eigenvalue weighted by Crippen LogP contribution is 2.15. The predicted octanol–water partition coefficient (Wildman–Crippen LogP) is 2.98. The average molecular weight is 168 g/mol. The van der Waals surface area contributed by atoms with E-state index in [4.69, 9.17) is 0 Å². The summed E-state index contributed by atoms with van der Waals surface area (Å²) < 4.78 is 0. The van der Waals surface area contributed by atoms with Gasteiger partial charge >= 0.3 is 0 Å². The van der Waals surface area contributed by atoms with Gasteiger partial charge in [-0.2, -0.15) is 0 Å². The Morgan fingerprint density at radius 2 is 2.45 bits per heavy atom. The zero-order valence-corrected chi connectivity index (χ0v) is 7.65. The van der Waals surface area contributed by atoms with Gasteiger partial charge in [-0.15, -0.1) is 11.3 Å². The highest BCUT2D eigenvalue weighted by atomic mass is 32.1. The van der Waals surface area contributed by atoms with Crippen molar-refractivity contribution in [2.24, 2.45) is 5.92 Å². The summed E-state index contributed by atoms with van der Waals surface area (Å²) in [6.45, 7) is 4.01. The minimum atomic E-state index is 0.175. The van der Waals surface area contributed by atoms with Gasteiger partial charge in [0.05, 0.1) is 4.88 Å². The van der Waals surface area contributed by atoms with E-state index in [0.717, 1.165) is 11.3 Å². The van der Waals surface area contributed by atoms with Gasteiger partial charge in [0.25, 0.3) is 0 Å². The maximum atomic E-state index is 11.4. The molecule has 1 nitrogen and oxygen atoms in total. The summed E-state index contributed by atoms with van der Waals surface area (Å²) in [4.78, 5) is 12.3. The number of carbonyl (C=O) groups excluding carboxylic acids is 1. The molecule has 0 unspecified atom stereocenters. The molecule has 0 saturated carbocycles. The highest BCUT2D eigenvalue weighted by molar-refractivity contribution is 7.12. The van der Waals surface area contributed by atoms with Gasteiger partial charge in [-0.05, 0) is 17.9 Å². The second kappa shape index (κ2) is 3.67. The maximum absolute atomic E-state index is 11.4. The van der Waals surface area contributed by atoms with Crippen molar-refractivity contribution in [3.63, 3.8) is 0 Å². The zero-order valence-electron chi connectivity index (χ0n) is 6.83. The minimum absolute atomic E-state index is 0.175. The largest absolute Gasteiger partial charge is 0.293 e. The van der Waals surface area contributed by atoms with E-state index in [-0.39, 0.29) is 11.7 Å². The van der Waals surface area contributed by atoms with Gasteiger partial charge in [0.1, 0.15) is 0 Å². The first kappa shape index (κ1) is 8.47. The van der Waals surface area contributed by atoms with Crippen LogP contribution in [0.4, 0.5) is 0 Å². The molecule has 0 N–H and O–H groups in total. The Hall–Kier alpha value is -0.630. The molecule has 1 atom stereocenters. The molecule has 0 saturated heterocycles. The van der Waals surface area contributed by atoms with Crippen molar-refractivity contribution in [1.29, 1.82) is 0 Å². The molecule has 1 rings (SSSR count). The third kappa shape index (κ3) is 1.90. The summed E-state index contributed by atoms with van der Waals surface area (Å²) >= 11 is 1.53. The van der Waals surface area contributed by atoms with Crippen molar-refractivity contribution in [1.82, 2.24) is 0 Å². The van der Waals surface area contributed by atoms with Crippen molar-refractivity contribution in [2.75, 3.05) is 0 Å². The van der Waals surface area contributed by atoms with Gasteiger partial charge in [0.15, 0.2) is 5.78 Å². The molecule has 0 radical (unpaired) electrons. The molecule has 0 aliphatic rings. The summed E-state index contributed by atoms with van der Waals surface area (Å²) in [5.41, 5.74) is 0. The zero-order chi connectivity index (χ0) is 8.27. The van der Waals surface area contributed by atoms with E-state index in [9.17, 15) is 4.79 Å². The fourth-order valence-corrected chi connectivity index (χ4v) is 1.63. The van der Waals surface area contributed by atoms with Gasteiger partial charge < -0.3 is 0 Å². The third-order valence-corrected chi connectivity index (χ3v) is 2.71. The van der Waals surface area contributed by atoms with Crippen molar-refractivity contribution in [3.8, 4) is 0 Å². The minimum Gasteiger partial charge on any atom is -0.293 e. The Balaban J connectivity index is 2.70. The molecule has 0 fully saturated rings. The van der Waals surface area contributed by atoms with Crippen LogP contribution in [0.25, 0.3) is 0 Å². The fraction of sp³-hybridized carbons (Fsp3) is 0.444. The maximum Gasteiger partial charge on any atom is 0.175 e. The monoisotopic (exact) mass is 168 g/mol. The Morgan fingerprint density at radius 1 is 1.73 bits per heavy atom. The van der Waals surface area contributed by atoms with Gasteiger partial charge in [-0.1, -0.05) is 19.9 Å². The van der Waals surface area contributed by atoms with Crippen LogP contribution >= 0.6 is 11.3 Å². The van der Waals surface area contributed by atoms with Crippen LogP contribution in [-0.4, -0.2) is 5.78 Å². The van der Waals surface area contributed by atoms with Crippen molar-refractivity contribution < 1.29 is 4.79 Å². The second-order valence-corrected chi connectivity index (χ2v) is 3.60. The van der Waals surface area contributed by atoms with Crippen molar-refractivity contribution in [2.45, 2.75) is 20.3 Å². The Bertz CT molecular complexity index is 226. The number of hydrogen-bond donors (Lipinski definition) is 0. The summed E-state index contributed by atoms with van der Waals surface area (Å²) in [5.74, 6) is 0.455. The molecule has 11 heavy (non-hydrogen) atoms. The second-order valence-electron chi connectivity index (χ2n) is 2.65. The first-order valence-electron chi connectivity index (χ1n) is 3.83. The summed E-state index contributed by atoms with van der Waals surface area (Å²) in [5, 5.41) is 1.94. The highest BCUT2D eigenvalue weighted by Gasteiger charge is 2.12. The molecule has 0 bridgehead atoms. The molecule has 0 aromatic carbocycles. The number of Topliss-reactive ketones (excluding diaryl/α,β-unsaturated/α-hetero) is 1. The summed E-state index contributed by atoms with van der Waals surface area (Å²) in [6.07, 6.45) is 0.927. The van der Waals surface area contributed by atoms with Crippen LogP contribution in [0.1, 0.15) is 29.9 Å². The lowest BCUT2D eigenvalue weighted by atomic mass is 10.0. The number of rotatable bonds is 3. The lowest BCUT2D eigenvalue weighted by molar-refractivity contribution is 0.0931. The first-order chi connectivity index (χ1) is 5.25. The summed E-state index contributed by atoms with van der Waals surface area (Å²) in [7, 11) is 0. The molecule has 0 aliphatic carbocycles. The number of carbonyl (C=O) groups is 1. The van der Waals surface area contributed by atoms with E-state index in [1.165, 1.54) is 11.3 Å². The van der Waals surface area contributed by atoms with Crippen molar-refractivity contribution >= 4 is 17.1 Å². The molecule has 0 amide bonds. The molecule has 0 spiro atoms. The van der Waals surface area contributed by atoms with Gasteiger partial charge in [0, 0.05) is 5.92 Å². The van der Waals surface area contributed by atoms with E-state index < -0.39 is 0 Å². The Morgan fingerprint density at radius 3 is 2.91 bits per heavy atom. The third-order valence-electron chi connectivity index (χ3n) is 1.82. The molecule has 0 aliphatic heterocycles. The Kier molecular flexibility index (Phi) is 2.83. The number of hydrogen-bond acceptors (Lipinski definition) is 2. The van der Waals surface area contributed by atoms with Gasteiger partial charge in [-0.25, -0.2) is 0 Å². The van der Waals surface area contributed by atoms with Crippen LogP contribution in [0.3, 0.4) is 0 Å². The fourth-order valence-electron chi connectivity index (χ4n) is 0.847. The van der Waals surface area contributed by atoms with Crippen LogP contribution in [0.15, 0.2) is 17.5 Å². The standard InChI is InChI=1S/C9H12OS/c1-3-7(2)9(10)8-5-4-6-11-8/h4-7H,3H2,1-2H3/t7-/m0/s1. The molecule has 1 aromatic heterocycles. The first-order valence-corrected chi connectivity index (χ1v) is 4.71. The predicted molar refractivity (Wildman–Crippen MR) is 48.1 cm³/mol. The lowest BCUT2D eigenvalue weighted by Gasteiger charge is -2.03. The quantitative estimate of drug-likeness (QED) is 0.634. The normalized spacial score (nSPS) is 12.9. The van der Waals surface area contributed by atoms with Gasteiger partial charge in [0.2, 0.25) is 0 Å². The molecule has 2 heteroatoms. The van der Waals surface area contributed by atoms with Crippen LogP contribution in [0.2, 0.25) is 0 Å². The van der Waals surface area contributed by atoms with Crippen LogP contribution < -0.4 is 0 Å². The molecular formula is C9H12OS. The van der Waals surface area contributed by atoms with E-state index in [2.05, 4.69) is 0 Å². The smallest absolute Gasteiger partial charge is 0.175 e. The van der Waals surface area contributed by atoms with E-state index in [1.807, 2.05) is 31.4 Å². The van der Waals surface area contributed by atoms with Crippen molar-refractivity contribution in [3.05, 3.63) is 22.4 Å². The number of ketones is 1. The van der Waals surface area contributed by atoms with Crippen LogP contribution in [-0.2, 0) is 0 Å². The molecule has 1 aromatic rings. The number of thiophene rings is 1. The van der Waals surface area contributed by atoms with E-state index in [1.54, 1.807) is 0 Å². The Labute approximate surface area is 71.1 Å². The van der Waals surface area contributed by atoms with E-state index >= 15 is 0 Å². The molecule has 60 valence electrons. The summed E-state index contributed by atoms with van der Waals surface area (Å²) in [6, 6.07) is 3.80. The van der Waals surface area contributed by atoms with Gasteiger partial charge in [-0.3, -0.25) is 4.79 Å².